The van der Waals surface area contributed by atoms with Gasteiger partial charge >= 0.3 is 0 Å². The van der Waals surface area contributed by atoms with Crippen LogP contribution in [0.15, 0.2) is 0 Å². The molecule has 0 aromatic rings. The highest BCUT2D eigenvalue weighted by molar-refractivity contribution is 5.84. The molecule has 0 radical (unpaired) electrons. The fraction of sp³-hybridized carbons (Fsp3) is 0.833. The van der Waals surface area contributed by atoms with E-state index >= 15 is 0 Å². The molecule has 2 aliphatic heterocycles. The minimum absolute atomic E-state index is 0.0153. The first-order valence-electron chi connectivity index (χ1n) is 6.46. The number of hydrogen-bond acceptors (Lipinski definition) is 3. The number of nitrogens with one attached hydrogen (secondary N) is 2. The van der Waals surface area contributed by atoms with Gasteiger partial charge in [-0.2, -0.15) is 0 Å². The van der Waals surface area contributed by atoms with Crippen molar-refractivity contribution in [1.29, 1.82) is 0 Å². The van der Waals surface area contributed by atoms with Crippen molar-refractivity contribution in [3.63, 3.8) is 0 Å². The maximum absolute atomic E-state index is 12.2. The van der Waals surface area contributed by atoms with E-state index in [1.807, 2.05) is 4.90 Å². The summed E-state index contributed by atoms with van der Waals surface area (Å²) in [6, 6.07) is -0.0153. The molecule has 2 heterocycles. The molecule has 2 atom stereocenters. The molecule has 0 spiro atoms. The SMILES string of the molecule is CNC(=O)[C@@H]1CCCN(C(=O)[C@H]2CCCN2)C1. The molecule has 2 amide bonds. The zero-order chi connectivity index (χ0) is 12.3. The third-order valence-electron chi connectivity index (χ3n) is 3.71. The number of carbonyl (C=O) groups excluding carboxylic acids is 2. The van der Waals surface area contributed by atoms with Gasteiger partial charge in [-0.05, 0) is 32.2 Å². The third kappa shape index (κ3) is 2.77. The average Bonchev–Trinajstić information content (AvgIpc) is 2.91. The number of piperidine rings is 1. The predicted octanol–water partition coefficient (Wildman–Crippen LogP) is -0.277. The Hall–Kier alpha value is -1.10. The van der Waals surface area contributed by atoms with Crippen molar-refractivity contribution in [2.45, 2.75) is 31.7 Å². The Morgan fingerprint density at radius 2 is 2.12 bits per heavy atom. The standard InChI is InChI=1S/C12H21N3O2/c1-13-11(16)9-4-3-7-15(8-9)12(17)10-5-2-6-14-10/h9-10,14H,2-8H2,1H3,(H,13,16)/t9-,10-/m1/s1. The molecular weight excluding hydrogens is 218 g/mol. The van der Waals surface area contributed by atoms with Crippen molar-refractivity contribution in [2.75, 3.05) is 26.7 Å². The maximum atomic E-state index is 12.2. The maximum Gasteiger partial charge on any atom is 0.239 e. The summed E-state index contributed by atoms with van der Waals surface area (Å²) in [5.74, 6) is 0.206. The van der Waals surface area contributed by atoms with E-state index in [1.54, 1.807) is 7.05 Å². The van der Waals surface area contributed by atoms with Crippen LogP contribution in [0.1, 0.15) is 25.7 Å². The lowest BCUT2D eigenvalue weighted by molar-refractivity contribution is -0.137. The molecule has 2 saturated heterocycles. The molecule has 0 aromatic heterocycles. The summed E-state index contributed by atoms with van der Waals surface area (Å²) in [6.45, 7) is 2.31. The molecule has 0 saturated carbocycles. The number of likely N-dealkylation sites (tertiary alicyclic amines) is 1. The van der Waals surface area contributed by atoms with Crippen molar-refractivity contribution in [1.82, 2.24) is 15.5 Å². The molecule has 0 unspecified atom stereocenters. The van der Waals surface area contributed by atoms with Crippen LogP contribution in [0.3, 0.4) is 0 Å². The second kappa shape index (κ2) is 5.49. The first-order valence-corrected chi connectivity index (χ1v) is 6.46. The third-order valence-corrected chi connectivity index (χ3v) is 3.71. The van der Waals surface area contributed by atoms with E-state index in [1.165, 1.54) is 0 Å². The van der Waals surface area contributed by atoms with E-state index in [0.717, 1.165) is 38.8 Å². The van der Waals surface area contributed by atoms with Crippen LogP contribution in [0.4, 0.5) is 0 Å². The van der Waals surface area contributed by atoms with Gasteiger partial charge in [-0.25, -0.2) is 0 Å². The number of hydrogen-bond donors (Lipinski definition) is 2. The summed E-state index contributed by atoms with van der Waals surface area (Å²) in [5, 5.41) is 5.89. The lowest BCUT2D eigenvalue weighted by Crippen LogP contribution is -2.50. The van der Waals surface area contributed by atoms with E-state index < -0.39 is 0 Å². The van der Waals surface area contributed by atoms with Crippen LogP contribution in [0.5, 0.6) is 0 Å². The van der Waals surface area contributed by atoms with Crippen LogP contribution in [0, 0.1) is 5.92 Å². The monoisotopic (exact) mass is 239 g/mol. The van der Waals surface area contributed by atoms with Gasteiger partial charge in [-0.15, -0.1) is 0 Å². The van der Waals surface area contributed by atoms with Gasteiger partial charge in [-0.1, -0.05) is 0 Å². The minimum atomic E-state index is -0.0286. The second-order valence-corrected chi connectivity index (χ2v) is 4.89. The van der Waals surface area contributed by atoms with E-state index in [9.17, 15) is 9.59 Å². The fourth-order valence-corrected chi connectivity index (χ4v) is 2.71. The van der Waals surface area contributed by atoms with Gasteiger partial charge in [0.15, 0.2) is 0 Å². The highest BCUT2D eigenvalue weighted by atomic mass is 16.2. The van der Waals surface area contributed by atoms with E-state index in [-0.39, 0.29) is 23.8 Å². The Morgan fingerprint density at radius 1 is 1.29 bits per heavy atom. The molecule has 0 bridgehead atoms. The predicted molar refractivity (Wildman–Crippen MR) is 64.4 cm³/mol. The van der Waals surface area contributed by atoms with Crippen LogP contribution >= 0.6 is 0 Å². The molecule has 0 aromatic carbocycles. The Morgan fingerprint density at radius 3 is 2.76 bits per heavy atom. The zero-order valence-corrected chi connectivity index (χ0v) is 10.4. The van der Waals surface area contributed by atoms with Gasteiger partial charge in [0.2, 0.25) is 11.8 Å². The van der Waals surface area contributed by atoms with E-state index in [2.05, 4.69) is 10.6 Å². The molecule has 96 valence electrons. The zero-order valence-electron chi connectivity index (χ0n) is 10.4. The topological polar surface area (TPSA) is 61.4 Å². The summed E-state index contributed by atoms with van der Waals surface area (Å²) in [6.07, 6.45) is 3.82. The minimum Gasteiger partial charge on any atom is -0.359 e. The number of amides is 2. The van der Waals surface area contributed by atoms with Crippen molar-refractivity contribution < 1.29 is 9.59 Å². The van der Waals surface area contributed by atoms with Gasteiger partial charge in [0.05, 0.1) is 12.0 Å². The average molecular weight is 239 g/mol. The molecule has 5 nitrogen and oxygen atoms in total. The molecule has 2 fully saturated rings. The van der Waals surface area contributed by atoms with Crippen molar-refractivity contribution >= 4 is 11.8 Å². The van der Waals surface area contributed by atoms with Crippen LogP contribution < -0.4 is 10.6 Å². The highest BCUT2D eigenvalue weighted by Gasteiger charge is 2.32. The molecule has 0 aliphatic carbocycles. The van der Waals surface area contributed by atoms with Crippen LogP contribution in [-0.4, -0.2) is 49.4 Å². The second-order valence-electron chi connectivity index (χ2n) is 4.89. The quantitative estimate of drug-likeness (QED) is 0.697. The number of nitrogens with zero attached hydrogens (tertiary/aromatic N) is 1. The summed E-state index contributed by atoms with van der Waals surface area (Å²) < 4.78 is 0. The summed E-state index contributed by atoms with van der Waals surface area (Å²) in [4.78, 5) is 25.6. The van der Waals surface area contributed by atoms with Crippen molar-refractivity contribution in [3.05, 3.63) is 0 Å². The lowest BCUT2D eigenvalue weighted by atomic mass is 9.96. The largest absolute Gasteiger partial charge is 0.359 e. The fourth-order valence-electron chi connectivity index (χ4n) is 2.71. The Bertz CT molecular complexity index is 300. The van der Waals surface area contributed by atoms with Gasteiger partial charge in [0.25, 0.3) is 0 Å². The van der Waals surface area contributed by atoms with Gasteiger partial charge in [0, 0.05) is 20.1 Å². The highest BCUT2D eigenvalue weighted by Crippen LogP contribution is 2.19. The van der Waals surface area contributed by atoms with Gasteiger partial charge in [0.1, 0.15) is 0 Å². The Kier molecular flexibility index (Phi) is 3.99. The molecule has 2 aliphatic rings. The summed E-state index contributed by atoms with van der Waals surface area (Å²) in [5.41, 5.74) is 0. The van der Waals surface area contributed by atoms with Crippen LogP contribution in [-0.2, 0) is 9.59 Å². The Balaban J connectivity index is 1.92. The lowest BCUT2D eigenvalue weighted by Gasteiger charge is -2.33. The summed E-state index contributed by atoms with van der Waals surface area (Å²) in [7, 11) is 1.65. The molecule has 17 heavy (non-hydrogen) atoms. The molecule has 5 heteroatoms. The van der Waals surface area contributed by atoms with Crippen molar-refractivity contribution in [2.24, 2.45) is 5.92 Å². The normalized spacial score (nSPS) is 29.1. The van der Waals surface area contributed by atoms with Crippen LogP contribution in [0.2, 0.25) is 0 Å². The van der Waals surface area contributed by atoms with Gasteiger partial charge in [-0.3, -0.25) is 9.59 Å². The van der Waals surface area contributed by atoms with E-state index in [0.29, 0.717) is 6.54 Å². The van der Waals surface area contributed by atoms with Gasteiger partial charge < -0.3 is 15.5 Å². The number of rotatable bonds is 2. The summed E-state index contributed by atoms with van der Waals surface area (Å²) >= 11 is 0. The van der Waals surface area contributed by atoms with E-state index in [4.69, 9.17) is 0 Å². The molecule has 2 N–H and O–H groups in total. The molecular formula is C12H21N3O2. The smallest absolute Gasteiger partial charge is 0.239 e. The molecule has 2 rings (SSSR count). The van der Waals surface area contributed by atoms with Crippen molar-refractivity contribution in [3.8, 4) is 0 Å². The number of carbonyl (C=O) groups is 2. The van der Waals surface area contributed by atoms with Crippen LogP contribution in [0.25, 0.3) is 0 Å². The first-order chi connectivity index (χ1) is 8.22. The first kappa shape index (κ1) is 12.4. The Labute approximate surface area is 102 Å².